The molecule has 11 heteroatoms. The Labute approximate surface area is 178 Å². The van der Waals surface area contributed by atoms with Crippen LogP contribution in [-0.2, 0) is 39.9 Å². The molecule has 1 aromatic heterocycles. The van der Waals surface area contributed by atoms with Gasteiger partial charge in [-0.05, 0) is 12.1 Å². The monoisotopic (exact) mass is 432 g/mol. The van der Waals surface area contributed by atoms with Gasteiger partial charge in [-0.15, -0.1) is 5.10 Å². The first kappa shape index (κ1) is 22.2. The summed E-state index contributed by atoms with van der Waals surface area (Å²) in [7, 11) is 0. The van der Waals surface area contributed by atoms with E-state index in [2.05, 4.69) is 10.3 Å². The molecule has 0 saturated carbocycles. The molecule has 1 aliphatic rings. The maximum absolute atomic E-state index is 11.7. The number of ether oxygens (including phenoxy) is 4. The van der Waals surface area contributed by atoms with E-state index in [0.29, 0.717) is 11.4 Å². The number of nitrogens with two attached hydrogens (primary N) is 1. The van der Waals surface area contributed by atoms with E-state index < -0.39 is 42.3 Å². The molecule has 1 saturated heterocycles. The number of esters is 3. The second kappa shape index (κ2) is 9.56. The molecule has 2 heterocycles. The summed E-state index contributed by atoms with van der Waals surface area (Å²) >= 11 is 0. The molecular formula is C20H24N4O7. The SMILES string of the molecule is CC(=O)OC[C@H]1O[C@@H](Cn2cc(-c3ccc(N)cc3)nn2)[C@@H](OC(C)=O)[C@@H]1OC(C)=O. The zero-order valence-corrected chi connectivity index (χ0v) is 17.4. The molecule has 0 unspecified atom stereocenters. The second-order valence-electron chi connectivity index (χ2n) is 7.11. The predicted octanol–water partition coefficient (Wildman–Crippen LogP) is 0.721. The molecule has 0 bridgehead atoms. The Morgan fingerprint density at radius 1 is 1.00 bits per heavy atom. The molecule has 1 aliphatic heterocycles. The summed E-state index contributed by atoms with van der Waals surface area (Å²) in [6.45, 7) is 3.74. The van der Waals surface area contributed by atoms with Gasteiger partial charge in [-0.25, -0.2) is 4.68 Å². The van der Waals surface area contributed by atoms with Crippen LogP contribution in [0.4, 0.5) is 5.69 Å². The predicted molar refractivity (Wildman–Crippen MR) is 106 cm³/mol. The zero-order valence-electron chi connectivity index (χ0n) is 17.4. The standard InChI is InChI=1S/C20H24N4O7/c1-11(25)28-10-18-20(30-13(3)27)19(29-12(2)26)17(31-18)9-24-8-16(22-23-24)14-4-6-15(21)7-5-14/h4-8,17-20H,9-10,21H2,1-3H3/t17-,18+,19+,20+/m0/s1. The number of carbonyl (C=O) groups excluding carboxylic acids is 3. The molecule has 0 spiro atoms. The Bertz CT molecular complexity index is 943. The molecule has 2 N–H and O–H groups in total. The van der Waals surface area contributed by atoms with Gasteiger partial charge in [-0.1, -0.05) is 17.3 Å². The van der Waals surface area contributed by atoms with Crippen LogP contribution in [0.3, 0.4) is 0 Å². The van der Waals surface area contributed by atoms with Crippen molar-refractivity contribution in [2.45, 2.75) is 51.7 Å². The average Bonchev–Trinajstić information content (AvgIpc) is 3.27. The average molecular weight is 432 g/mol. The minimum absolute atomic E-state index is 0.157. The highest BCUT2D eigenvalue weighted by Crippen LogP contribution is 2.29. The number of aromatic nitrogens is 3. The molecule has 4 atom stereocenters. The molecular weight excluding hydrogens is 408 g/mol. The van der Waals surface area contributed by atoms with Gasteiger partial charge in [0.25, 0.3) is 0 Å². The lowest BCUT2D eigenvalue weighted by molar-refractivity contribution is -0.165. The van der Waals surface area contributed by atoms with Crippen LogP contribution < -0.4 is 5.73 Å². The zero-order chi connectivity index (χ0) is 22.5. The highest BCUT2D eigenvalue weighted by molar-refractivity contribution is 5.68. The third kappa shape index (κ3) is 5.79. The van der Waals surface area contributed by atoms with E-state index >= 15 is 0 Å². The summed E-state index contributed by atoms with van der Waals surface area (Å²) in [6.07, 6.45) is -1.66. The number of hydrogen-bond acceptors (Lipinski definition) is 10. The highest BCUT2D eigenvalue weighted by atomic mass is 16.6. The fourth-order valence-corrected chi connectivity index (χ4v) is 3.31. The number of nitrogens with zero attached hydrogens (tertiary/aromatic N) is 3. The van der Waals surface area contributed by atoms with E-state index in [-0.39, 0.29) is 13.2 Å². The summed E-state index contributed by atoms with van der Waals surface area (Å²) in [4.78, 5) is 34.5. The Morgan fingerprint density at radius 3 is 2.19 bits per heavy atom. The van der Waals surface area contributed by atoms with Crippen molar-refractivity contribution in [3.63, 3.8) is 0 Å². The van der Waals surface area contributed by atoms with Gasteiger partial charge in [-0.2, -0.15) is 0 Å². The number of nitrogen functional groups attached to an aromatic ring is 1. The lowest BCUT2D eigenvalue weighted by atomic mass is 10.1. The Morgan fingerprint density at radius 2 is 1.61 bits per heavy atom. The highest BCUT2D eigenvalue weighted by Gasteiger charge is 2.49. The minimum Gasteiger partial charge on any atom is -0.463 e. The van der Waals surface area contributed by atoms with Crippen molar-refractivity contribution < 1.29 is 33.3 Å². The normalized spacial score (nSPS) is 22.7. The number of hydrogen-bond donors (Lipinski definition) is 1. The van der Waals surface area contributed by atoms with Gasteiger partial charge < -0.3 is 24.7 Å². The van der Waals surface area contributed by atoms with E-state index in [1.54, 1.807) is 18.3 Å². The van der Waals surface area contributed by atoms with Crippen LogP contribution >= 0.6 is 0 Å². The first-order chi connectivity index (χ1) is 14.7. The van der Waals surface area contributed by atoms with Crippen molar-refractivity contribution in [1.82, 2.24) is 15.0 Å². The summed E-state index contributed by atoms with van der Waals surface area (Å²) in [6, 6.07) is 7.16. The lowest BCUT2D eigenvalue weighted by Gasteiger charge is -2.23. The van der Waals surface area contributed by atoms with Crippen LogP contribution in [-0.4, -0.2) is 63.9 Å². The van der Waals surface area contributed by atoms with Crippen molar-refractivity contribution in [1.29, 1.82) is 0 Å². The first-order valence-corrected chi connectivity index (χ1v) is 9.62. The Hall–Kier alpha value is -3.47. The van der Waals surface area contributed by atoms with Gasteiger partial charge in [0.05, 0.1) is 12.7 Å². The molecule has 11 nitrogen and oxygen atoms in total. The fraction of sp³-hybridized carbons (Fsp3) is 0.450. The third-order valence-electron chi connectivity index (χ3n) is 4.57. The Kier molecular flexibility index (Phi) is 6.85. The molecule has 2 aromatic rings. The van der Waals surface area contributed by atoms with E-state index in [1.165, 1.54) is 25.5 Å². The number of rotatable bonds is 7. The molecule has 31 heavy (non-hydrogen) atoms. The number of anilines is 1. The minimum atomic E-state index is -0.939. The van der Waals surface area contributed by atoms with Gasteiger partial charge in [-0.3, -0.25) is 14.4 Å². The summed E-state index contributed by atoms with van der Waals surface area (Å²) in [5.41, 5.74) is 7.79. The van der Waals surface area contributed by atoms with Gasteiger partial charge >= 0.3 is 17.9 Å². The third-order valence-corrected chi connectivity index (χ3v) is 4.57. The molecule has 0 amide bonds. The lowest BCUT2D eigenvalue weighted by Crippen LogP contribution is -2.42. The molecule has 3 rings (SSSR count). The van der Waals surface area contributed by atoms with Crippen LogP contribution in [0.25, 0.3) is 11.3 Å². The number of benzene rings is 1. The Balaban J connectivity index is 1.80. The molecule has 0 aliphatic carbocycles. The van der Waals surface area contributed by atoms with Crippen molar-refractivity contribution >= 4 is 23.6 Å². The molecule has 1 fully saturated rings. The summed E-state index contributed by atoms with van der Waals surface area (Å²) in [5, 5.41) is 8.24. The molecule has 1 aromatic carbocycles. The van der Waals surface area contributed by atoms with Gasteiger partial charge in [0.2, 0.25) is 0 Å². The van der Waals surface area contributed by atoms with Crippen LogP contribution in [0.1, 0.15) is 20.8 Å². The van der Waals surface area contributed by atoms with E-state index in [4.69, 9.17) is 24.7 Å². The first-order valence-electron chi connectivity index (χ1n) is 9.62. The summed E-state index contributed by atoms with van der Waals surface area (Å²) < 4.78 is 23.2. The van der Waals surface area contributed by atoms with Crippen LogP contribution in [0.2, 0.25) is 0 Å². The second-order valence-corrected chi connectivity index (χ2v) is 7.11. The van der Waals surface area contributed by atoms with E-state index in [9.17, 15) is 14.4 Å². The number of carbonyl (C=O) groups is 3. The summed E-state index contributed by atoms with van der Waals surface area (Å²) in [5.74, 6) is -1.65. The van der Waals surface area contributed by atoms with Gasteiger partial charge in [0, 0.05) is 32.0 Å². The molecule has 0 radical (unpaired) electrons. The van der Waals surface area contributed by atoms with Crippen molar-refractivity contribution in [3.8, 4) is 11.3 Å². The fourth-order valence-electron chi connectivity index (χ4n) is 3.31. The quantitative estimate of drug-likeness (QED) is 0.377. The van der Waals surface area contributed by atoms with Crippen LogP contribution in [0.15, 0.2) is 30.5 Å². The molecule has 166 valence electrons. The van der Waals surface area contributed by atoms with Crippen molar-refractivity contribution in [3.05, 3.63) is 30.5 Å². The van der Waals surface area contributed by atoms with Crippen LogP contribution in [0, 0.1) is 0 Å². The van der Waals surface area contributed by atoms with Crippen molar-refractivity contribution in [2.24, 2.45) is 0 Å². The maximum atomic E-state index is 11.7. The van der Waals surface area contributed by atoms with Gasteiger partial charge in [0.15, 0.2) is 12.2 Å². The van der Waals surface area contributed by atoms with E-state index in [0.717, 1.165) is 5.56 Å². The van der Waals surface area contributed by atoms with Crippen molar-refractivity contribution in [2.75, 3.05) is 12.3 Å². The topological polar surface area (TPSA) is 145 Å². The smallest absolute Gasteiger partial charge is 0.303 e. The largest absolute Gasteiger partial charge is 0.463 e. The van der Waals surface area contributed by atoms with Gasteiger partial charge in [0.1, 0.15) is 24.5 Å². The maximum Gasteiger partial charge on any atom is 0.303 e. The van der Waals surface area contributed by atoms with E-state index in [1.807, 2.05) is 12.1 Å². The van der Waals surface area contributed by atoms with Crippen LogP contribution in [0.5, 0.6) is 0 Å².